The molecule has 0 spiro atoms. The molecule has 35 heavy (non-hydrogen) atoms. The van der Waals surface area contributed by atoms with Crippen LogP contribution in [0.15, 0.2) is 58.6 Å². The minimum Gasteiger partial charge on any atom is -0.493 e. The fourth-order valence-corrected chi connectivity index (χ4v) is 4.00. The van der Waals surface area contributed by atoms with Crippen LogP contribution in [0.3, 0.4) is 0 Å². The maximum atomic E-state index is 12.7. The maximum absolute atomic E-state index is 12.7. The number of rotatable bonds is 7. The standard InChI is InChI=1S/C25H17BrCl2N2O5/c1-32-21-9-15(8-16(11-29)25(31)30-19-4-2-3-18(27)24(19)28)17(26)10-23(21)33-12-14-5-6-20-22(7-14)35-13-34-20/h2-10H,12-13H2,1H3,(H,30,31)/b16-8-. The van der Waals surface area contributed by atoms with E-state index in [2.05, 4.69) is 21.2 Å². The predicted molar refractivity (Wildman–Crippen MR) is 136 cm³/mol. The number of carbonyl (C=O) groups is 1. The average molecular weight is 576 g/mol. The van der Waals surface area contributed by atoms with E-state index < -0.39 is 5.91 Å². The second-order valence-electron chi connectivity index (χ2n) is 7.23. The van der Waals surface area contributed by atoms with Gasteiger partial charge in [-0.3, -0.25) is 4.79 Å². The Kier molecular flexibility index (Phi) is 7.71. The average Bonchev–Trinajstić information content (AvgIpc) is 3.32. The molecule has 0 radical (unpaired) electrons. The van der Waals surface area contributed by atoms with Crippen molar-refractivity contribution in [3.63, 3.8) is 0 Å². The van der Waals surface area contributed by atoms with E-state index in [-0.39, 0.29) is 29.0 Å². The number of carbonyl (C=O) groups excluding carboxylic acids is 1. The van der Waals surface area contributed by atoms with E-state index >= 15 is 0 Å². The van der Waals surface area contributed by atoms with Gasteiger partial charge in [0, 0.05) is 4.47 Å². The number of fused-ring (bicyclic) bond motifs is 1. The molecule has 7 nitrogen and oxygen atoms in total. The number of nitriles is 1. The van der Waals surface area contributed by atoms with Crippen molar-refractivity contribution in [2.24, 2.45) is 0 Å². The van der Waals surface area contributed by atoms with Crippen molar-refractivity contribution in [2.75, 3.05) is 19.2 Å². The monoisotopic (exact) mass is 574 g/mol. The topological polar surface area (TPSA) is 89.8 Å². The van der Waals surface area contributed by atoms with Gasteiger partial charge in [-0.1, -0.05) is 51.3 Å². The van der Waals surface area contributed by atoms with Crippen LogP contribution in [-0.4, -0.2) is 19.8 Å². The molecule has 10 heteroatoms. The first-order valence-electron chi connectivity index (χ1n) is 10.2. The molecule has 4 rings (SSSR count). The van der Waals surface area contributed by atoms with Crippen LogP contribution in [0.1, 0.15) is 11.1 Å². The minimum absolute atomic E-state index is 0.141. The van der Waals surface area contributed by atoms with Crippen molar-refractivity contribution >= 4 is 56.8 Å². The van der Waals surface area contributed by atoms with Crippen LogP contribution in [0, 0.1) is 11.3 Å². The molecule has 0 bridgehead atoms. The first kappa shape index (κ1) is 24.7. The van der Waals surface area contributed by atoms with Gasteiger partial charge in [0.15, 0.2) is 23.0 Å². The third kappa shape index (κ3) is 5.65. The number of hydrogen-bond acceptors (Lipinski definition) is 6. The first-order valence-corrected chi connectivity index (χ1v) is 11.7. The SMILES string of the molecule is COc1cc(/C=C(/C#N)C(=O)Nc2cccc(Cl)c2Cl)c(Br)cc1OCc1ccc2c(c1)OCO2. The zero-order valence-corrected chi connectivity index (χ0v) is 21.3. The van der Waals surface area contributed by atoms with Gasteiger partial charge >= 0.3 is 0 Å². The summed E-state index contributed by atoms with van der Waals surface area (Å²) in [5.74, 6) is 1.63. The third-order valence-corrected chi connectivity index (χ3v) is 6.48. The van der Waals surface area contributed by atoms with Crippen LogP contribution < -0.4 is 24.3 Å². The molecule has 0 unspecified atom stereocenters. The summed E-state index contributed by atoms with van der Waals surface area (Å²) >= 11 is 15.6. The lowest BCUT2D eigenvalue weighted by Crippen LogP contribution is -2.13. The molecule has 0 atom stereocenters. The van der Waals surface area contributed by atoms with Gasteiger partial charge in [0.05, 0.1) is 22.8 Å². The van der Waals surface area contributed by atoms with E-state index in [1.807, 2.05) is 24.3 Å². The van der Waals surface area contributed by atoms with E-state index in [1.165, 1.54) is 13.2 Å². The Balaban J connectivity index is 1.53. The number of benzene rings is 3. The lowest BCUT2D eigenvalue weighted by Gasteiger charge is -2.13. The molecule has 178 valence electrons. The van der Waals surface area contributed by atoms with Crippen LogP contribution in [-0.2, 0) is 11.4 Å². The van der Waals surface area contributed by atoms with E-state index in [0.29, 0.717) is 38.7 Å². The Labute approximate surface area is 219 Å². The molecule has 0 saturated heterocycles. The fraction of sp³-hybridized carbons (Fsp3) is 0.120. The van der Waals surface area contributed by atoms with E-state index in [9.17, 15) is 10.1 Å². The highest BCUT2D eigenvalue weighted by molar-refractivity contribution is 9.10. The molecular weight excluding hydrogens is 559 g/mol. The molecule has 3 aromatic carbocycles. The Morgan fingerprint density at radius 3 is 2.74 bits per heavy atom. The maximum Gasteiger partial charge on any atom is 0.266 e. The number of amides is 1. The number of nitrogens with zero attached hydrogens (tertiary/aromatic N) is 1. The number of nitrogens with one attached hydrogen (secondary N) is 1. The zero-order valence-electron chi connectivity index (χ0n) is 18.2. The number of hydrogen-bond donors (Lipinski definition) is 1. The first-order chi connectivity index (χ1) is 16.9. The normalized spacial score (nSPS) is 12.1. The van der Waals surface area contributed by atoms with Crippen molar-refractivity contribution < 1.29 is 23.7 Å². The highest BCUT2D eigenvalue weighted by atomic mass is 79.9. The van der Waals surface area contributed by atoms with Gasteiger partial charge in [-0.2, -0.15) is 5.26 Å². The number of halogens is 3. The summed E-state index contributed by atoms with van der Waals surface area (Å²) in [6, 6.07) is 15.7. The molecule has 1 amide bonds. The van der Waals surface area contributed by atoms with Crippen LogP contribution >= 0.6 is 39.1 Å². The fourth-order valence-electron chi connectivity index (χ4n) is 3.22. The van der Waals surface area contributed by atoms with Crippen molar-refractivity contribution in [2.45, 2.75) is 6.61 Å². The van der Waals surface area contributed by atoms with Gasteiger partial charge in [-0.05, 0) is 53.6 Å². The van der Waals surface area contributed by atoms with Gasteiger partial charge in [0.1, 0.15) is 18.2 Å². The van der Waals surface area contributed by atoms with Crippen LogP contribution in [0.2, 0.25) is 10.0 Å². The van der Waals surface area contributed by atoms with Gasteiger partial charge in [0.2, 0.25) is 6.79 Å². The van der Waals surface area contributed by atoms with Crippen molar-refractivity contribution in [3.05, 3.63) is 79.7 Å². The van der Waals surface area contributed by atoms with Crippen LogP contribution in [0.25, 0.3) is 6.08 Å². The molecular formula is C25H17BrCl2N2O5. The minimum atomic E-state index is -0.634. The van der Waals surface area contributed by atoms with Gasteiger partial charge < -0.3 is 24.3 Å². The predicted octanol–water partition coefficient (Wildman–Crippen LogP) is 6.62. The Morgan fingerprint density at radius 1 is 1.17 bits per heavy atom. The van der Waals surface area contributed by atoms with Crippen molar-refractivity contribution in [3.8, 4) is 29.1 Å². The summed E-state index contributed by atoms with van der Waals surface area (Å²) in [5.41, 5.74) is 1.59. The number of ether oxygens (including phenoxy) is 4. The number of methoxy groups -OCH3 is 1. The van der Waals surface area contributed by atoms with Gasteiger partial charge in [-0.25, -0.2) is 0 Å². The molecule has 1 aliphatic rings. The summed E-state index contributed by atoms with van der Waals surface area (Å²) in [4.78, 5) is 12.7. The Morgan fingerprint density at radius 2 is 1.97 bits per heavy atom. The smallest absolute Gasteiger partial charge is 0.266 e. The molecule has 0 saturated carbocycles. The van der Waals surface area contributed by atoms with Crippen LogP contribution in [0.4, 0.5) is 5.69 Å². The largest absolute Gasteiger partial charge is 0.493 e. The lowest BCUT2D eigenvalue weighted by atomic mass is 10.1. The molecule has 0 aromatic heterocycles. The third-order valence-electron chi connectivity index (χ3n) is 4.98. The molecule has 1 N–H and O–H groups in total. The van der Waals surface area contributed by atoms with Gasteiger partial charge in [-0.15, -0.1) is 0 Å². The molecule has 1 heterocycles. The Bertz CT molecular complexity index is 1370. The second-order valence-corrected chi connectivity index (χ2v) is 8.87. The molecule has 1 aliphatic heterocycles. The van der Waals surface area contributed by atoms with E-state index in [1.54, 1.807) is 30.3 Å². The summed E-state index contributed by atoms with van der Waals surface area (Å²) < 4.78 is 22.7. The number of anilines is 1. The highest BCUT2D eigenvalue weighted by Crippen LogP contribution is 2.37. The molecule has 3 aromatic rings. The zero-order chi connectivity index (χ0) is 24.9. The molecule has 0 aliphatic carbocycles. The van der Waals surface area contributed by atoms with E-state index in [4.69, 9.17) is 42.1 Å². The lowest BCUT2D eigenvalue weighted by molar-refractivity contribution is -0.112. The van der Waals surface area contributed by atoms with Crippen molar-refractivity contribution in [1.29, 1.82) is 5.26 Å². The van der Waals surface area contributed by atoms with Crippen LogP contribution in [0.5, 0.6) is 23.0 Å². The second kappa shape index (κ2) is 10.9. The summed E-state index contributed by atoms with van der Waals surface area (Å²) in [5, 5.41) is 12.7. The highest BCUT2D eigenvalue weighted by Gasteiger charge is 2.17. The van der Waals surface area contributed by atoms with Crippen molar-refractivity contribution in [1.82, 2.24) is 0 Å². The van der Waals surface area contributed by atoms with Gasteiger partial charge in [0.25, 0.3) is 5.91 Å². The summed E-state index contributed by atoms with van der Waals surface area (Å²) in [6.07, 6.45) is 1.43. The molecule has 0 fully saturated rings. The summed E-state index contributed by atoms with van der Waals surface area (Å²) in [7, 11) is 1.50. The Hall–Kier alpha value is -3.38. The van der Waals surface area contributed by atoms with E-state index in [0.717, 1.165) is 5.56 Å². The quantitative estimate of drug-likeness (QED) is 0.251. The summed E-state index contributed by atoms with van der Waals surface area (Å²) in [6.45, 7) is 0.463.